The van der Waals surface area contributed by atoms with Gasteiger partial charge in [0.2, 0.25) is 0 Å². The predicted molar refractivity (Wildman–Crippen MR) is 109 cm³/mol. The SMILES string of the molecule is CN1CCC(CNc2ccn3ncc(C4=CC=CC(OC(F)(F)F)=CC4)c3n2)CC1. The predicted octanol–water partition coefficient (Wildman–Crippen LogP) is 4.25. The Hall–Kier alpha value is -2.81. The molecule has 30 heavy (non-hydrogen) atoms. The van der Waals surface area contributed by atoms with Crippen molar-refractivity contribution in [3.05, 3.63) is 54.1 Å². The number of hydrogen-bond donors (Lipinski definition) is 1. The van der Waals surface area contributed by atoms with Crippen molar-refractivity contribution in [3.63, 3.8) is 0 Å². The van der Waals surface area contributed by atoms with Gasteiger partial charge in [-0.25, -0.2) is 9.50 Å². The van der Waals surface area contributed by atoms with Crippen LogP contribution in [0.2, 0.25) is 0 Å². The molecule has 2 aromatic rings. The van der Waals surface area contributed by atoms with Crippen molar-refractivity contribution in [3.8, 4) is 0 Å². The summed E-state index contributed by atoms with van der Waals surface area (Å²) in [6.45, 7) is 3.09. The van der Waals surface area contributed by atoms with E-state index in [-0.39, 0.29) is 12.2 Å². The van der Waals surface area contributed by atoms with Gasteiger partial charge in [0, 0.05) is 18.3 Å². The number of piperidine rings is 1. The van der Waals surface area contributed by atoms with E-state index >= 15 is 0 Å². The van der Waals surface area contributed by atoms with E-state index < -0.39 is 6.36 Å². The van der Waals surface area contributed by atoms with Crippen molar-refractivity contribution < 1.29 is 17.9 Å². The Labute approximate surface area is 172 Å². The summed E-state index contributed by atoms with van der Waals surface area (Å²) in [6.07, 6.45) is 7.45. The second-order valence-electron chi connectivity index (χ2n) is 7.68. The molecule has 9 heteroatoms. The zero-order chi connectivity index (χ0) is 21.1. The molecule has 1 fully saturated rings. The number of ether oxygens (including phenoxy) is 1. The second kappa shape index (κ2) is 8.51. The third-order valence-corrected chi connectivity index (χ3v) is 5.44. The zero-order valence-corrected chi connectivity index (χ0v) is 16.7. The number of nitrogens with zero attached hydrogens (tertiary/aromatic N) is 4. The van der Waals surface area contributed by atoms with Crippen molar-refractivity contribution in [2.24, 2.45) is 5.92 Å². The maximum atomic E-state index is 12.5. The van der Waals surface area contributed by atoms with E-state index in [2.05, 4.69) is 27.1 Å². The minimum Gasteiger partial charge on any atom is -0.406 e. The van der Waals surface area contributed by atoms with Gasteiger partial charge in [-0.1, -0.05) is 12.2 Å². The molecule has 4 rings (SSSR count). The molecule has 1 N–H and O–H groups in total. The summed E-state index contributed by atoms with van der Waals surface area (Å²) in [5, 5.41) is 7.75. The Morgan fingerprint density at radius 2 is 2.07 bits per heavy atom. The summed E-state index contributed by atoms with van der Waals surface area (Å²) < 4.78 is 43.1. The molecule has 160 valence electrons. The molecule has 1 saturated heterocycles. The van der Waals surface area contributed by atoms with Gasteiger partial charge in [-0.2, -0.15) is 5.10 Å². The van der Waals surface area contributed by atoms with Crippen LogP contribution in [0.25, 0.3) is 11.2 Å². The maximum absolute atomic E-state index is 12.5. The number of allylic oxidation sites excluding steroid dienone is 5. The van der Waals surface area contributed by atoms with Gasteiger partial charge in [-0.05, 0) is 69.1 Å². The minimum absolute atomic E-state index is 0.223. The van der Waals surface area contributed by atoms with E-state index in [1.165, 1.54) is 12.2 Å². The fourth-order valence-electron chi connectivity index (χ4n) is 3.72. The fraction of sp³-hybridized carbons (Fsp3) is 0.429. The molecule has 1 aliphatic heterocycles. The quantitative estimate of drug-likeness (QED) is 0.786. The lowest BCUT2D eigenvalue weighted by atomic mass is 9.97. The van der Waals surface area contributed by atoms with Crippen LogP contribution >= 0.6 is 0 Å². The van der Waals surface area contributed by atoms with Crippen LogP contribution in [0.5, 0.6) is 0 Å². The van der Waals surface area contributed by atoms with E-state index in [4.69, 9.17) is 4.98 Å². The van der Waals surface area contributed by atoms with Gasteiger partial charge in [0.05, 0.1) is 6.20 Å². The van der Waals surface area contributed by atoms with Crippen molar-refractivity contribution in [1.29, 1.82) is 0 Å². The second-order valence-corrected chi connectivity index (χ2v) is 7.68. The number of anilines is 1. The molecule has 0 atom stereocenters. The molecule has 3 heterocycles. The van der Waals surface area contributed by atoms with Crippen LogP contribution in [0.4, 0.5) is 19.0 Å². The first-order valence-electron chi connectivity index (χ1n) is 9.98. The normalized spacial score (nSPS) is 18.8. The lowest BCUT2D eigenvalue weighted by Gasteiger charge is -2.29. The first kappa shape index (κ1) is 20.5. The number of aromatic nitrogens is 3. The van der Waals surface area contributed by atoms with Crippen LogP contribution in [0.1, 0.15) is 24.8 Å². The molecular formula is C21H24F3N5O. The van der Waals surface area contributed by atoms with Crippen molar-refractivity contribution in [2.45, 2.75) is 25.6 Å². The summed E-state index contributed by atoms with van der Waals surface area (Å²) in [5.74, 6) is 1.17. The number of fused-ring (bicyclic) bond motifs is 1. The first-order chi connectivity index (χ1) is 14.4. The lowest BCUT2D eigenvalue weighted by Crippen LogP contribution is -2.33. The monoisotopic (exact) mass is 419 g/mol. The van der Waals surface area contributed by atoms with Crippen LogP contribution in [0.3, 0.4) is 0 Å². The van der Waals surface area contributed by atoms with Gasteiger partial charge in [0.15, 0.2) is 5.65 Å². The summed E-state index contributed by atoms with van der Waals surface area (Å²) >= 11 is 0. The topological polar surface area (TPSA) is 54.7 Å². The number of likely N-dealkylation sites (tertiary alicyclic amines) is 1. The highest BCUT2D eigenvalue weighted by Crippen LogP contribution is 2.28. The summed E-state index contributed by atoms with van der Waals surface area (Å²) in [7, 11) is 2.14. The molecule has 0 amide bonds. The highest BCUT2D eigenvalue weighted by atomic mass is 19.4. The van der Waals surface area contributed by atoms with Crippen molar-refractivity contribution in [1.82, 2.24) is 19.5 Å². The third kappa shape index (κ3) is 5.02. The van der Waals surface area contributed by atoms with Crippen LogP contribution < -0.4 is 5.32 Å². The summed E-state index contributed by atoms with van der Waals surface area (Å²) in [4.78, 5) is 7.04. The number of halogens is 3. The Morgan fingerprint density at radius 1 is 1.27 bits per heavy atom. The highest BCUT2D eigenvalue weighted by molar-refractivity contribution is 5.78. The first-order valence-corrected chi connectivity index (χ1v) is 9.98. The largest absolute Gasteiger partial charge is 0.573 e. The summed E-state index contributed by atoms with van der Waals surface area (Å²) in [6, 6.07) is 1.88. The molecule has 2 aliphatic rings. The zero-order valence-electron chi connectivity index (χ0n) is 16.7. The standard InChI is InChI=1S/C21H24F3N5O/c1-28-10-7-15(8-11-28)13-25-19-9-12-29-20(27-19)18(14-26-29)16-3-2-4-17(6-5-16)30-21(22,23)24/h2-4,6,9,12,14-15H,5,7-8,10-11,13H2,1H3,(H,25,27). The van der Waals surface area contributed by atoms with Crippen molar-refractivity contribution >= 4 is 17.0 Å². The Balaban J connectivity index is 1.48. The smallest absolute Gasteiger partial charge is 0.406 e. The molecule has 2 aromatic heterocycles. The Bertz CT molecular complexity index is 984. The average molecular weight is 419 g/mol. The van der Waals surface area contributed by atoms with Gasteiger partial charge in [-0.3, -0.25) is 0 Å². The van der Waals surface area contributed by atoms with Gasteiger partial charge in [0.25, 0.3) is 0 Å². The molecule has 0 unspecified atom stereocenters. The molecule has 0 radical (unpaired) electrons. The fourth-order valence-corrected chi connectivity index (χ4v) is 3.72. The molecule has 0 aromatic carbocycles. The average Bonchev–Trinajstić information content (AvgIpc) is 2.99. The Morgan fingerprint density at radius 3 is 2.83 bits per heavy atom. The Kier molecular flexibility index (Phi) is 5.80. The molecule has 0 bridgehead atoms. The van der Waals surface area contributed by atoms with E-state index in [0.717, 1.165) is 49.4 Å². The third-order valence-electron chi connectivity index (χ3n) is 5.44. The molecular weight excluding hydrogens is 395 g/mol. The molecule has 1 aliphatic carbocycles. The number of alkyl halides is 3. The highest BCUT2D eigenvalue weighted by Gasteiger charge is 2.31. The van der Waals surface area contributed by atoms with E-state index in [0.29, 0.717) is 11.6 Å². The molecule has 0 spiro atoms. The van der Waals surface area contributed by atoms with Crippen LogP contribution in [-0.4, -0.2) is 52.5 Å². The van der Waals surface area contributed by atoms with Crippen LogP contribution in [0, 0.1) is 5.92 Å². The van der Waals surface area contributed by atoms with E-state index in [1.54, 1.807) is 22.9 Å². The number of nitrogens with one attached hydrogen (secondary N) is 1. The summed E-state index contributed by atoms with van der Waals surface area (Å²) in [5.41, 5.74) is 2.27. The van der Waals surface area contributed by atoms with E-state index in [1.807, 2.05) is 12.3 Å². The van der Waals surface area contributed by atoms with Gasteiger partial charge >= 0.3 is 6.36 Å². The lowest BCUT2D eigenvalue weighted by molar-refractivity contribution is -0.303. The van der Waals surface area contributed by atoms with Gasteiger partial charge in [-0.15, -0.1) is 13.2 Å². The maximum Gasteiger partial charge on any atom is 0.573 e. The van der Waals surface area contributed by atoms with Crippen LogP contribution in [-0.2, 0) is 4.74 Å². The van der Waals surface area contributed by atoms with Gasteiger partial charge < -0.3 is 15.0 Å². The molecule has 6 nitrogen and oxygen atoms in total. The minimum atomic E-state index is -4.71. The number of hydrogen-bond acceptors (Lipinski definition) is 5. The van der Waals surface area contributed by atoms with E-state index in [9.17, 15) is 13.2 Å². The number of rotatable bonds is 5. The van der Waals surface area contributed by atoms with Crippen LogP contribution in [0.15, 0.2) is 48.5 Å². The van der Waals surface area contributed by atoms with Crippen molar-refractivity contribution in [2.75, 3.05) is 32.0 Å². The van der Waals surface area contributed by atoms with Gasteiger partial charge in [0.1, 0.15) is 11.6 Å². The molecule has 0 saturated carbocycles.